The number of anilines is 1. The predicted molar refractivity (Wildman–Crippen MR) is 53.0 cm³/mol. The van der Waals surface area contributed by atoms with Gasteiger partial charge in [0.25, 0.3) is 0 Å². The lowest BCUT2D eigenvalue weighted by Gasteiger charge is -2.15. The molecule has 0 saturated heterocycles. The topological polar surface area (TPSA) is 56.6 Å². The first kappa shape index (κ1) is 10.0. The van der Waals surface area contributed by atoms with E-state index in [2.05, 4.69) is 4.98 Å². The second kappa shape index (κ2) is 4.25. The molecule has 0 bridgehead atoms. The molecule has 0 fully saturated rings. The van der Waals surface area contributed by atoms with Gasteiger partial charge in [-0.1, -0.05) is 0 Å². The molecule has 0 aliphatic heterocycles. The Kier molecular flexibility index (Phi) is 3.28. The van der Waals surface area contributed by atoms with Crippen molar-refractivity contribution in [2.75, 3.05) is 18.5 Å². The lowest BCUT2D eigenvalue weighted by Crippen LogP contribution is -2.31. The second-order valence-electron chi connectivity index (χ2n) is 2.84. The van der Waals surface area contributed by atoms with Gasteiger partial charge in [-0.25, -0.2) is 4.98 Å². The third-order valence-electron chi connectivity index (χ3n) is 1.93. The summed E-state index contributed by atoms with van der Waals surface area (Å²) in [4.78, 5) is 6.02. The molecule has 0 unspecified atom stereocenters. The highest BCUT2D eigenvalue weighted by atomic mass is 16.4. The van der Waals surface area contributed by atoms with Crippen LogP contribution in [0.4, 0.5) is 5.82 Å². The van der Waals surface area contributed by atoms with E-state index < -0.39 is 7.12 Å². The zero-order valence-corrected chi connectivity index (χ0v) is 7.81. The van der Waals surface area contributed by atoms with Crippen LogP contribution in [-0.2, 0) is 0 Å². The third kappa shape index (κ3) is 2.43. The molecule has 0 aliphatic carbocycles. The van der Waals surface area contributed by atoms with Crippen molar-refractivity contribution in [1.29, 1.82) is 0 Å². The Morgan fingerprint density at radius 2 is 2.23 bits per heavy atom. The maximum Gasteiger partial charge on any atom is 0.488 e. The van der Waals surface area contributed by atoms with Gasteiger partial charge in [0.05, 0.1) is 0 Å². The summed E-state index contributed by atoms with van der Waals surface area (Å²) >= 11 is 0. The van der Waals surface area contributed by atoms with Crippen molar-refractivity contribution in [3.8, 4) is 0 Å². The minimum Gasteiger partial charge on any atom is -0.423 e. The number of pyridine rings is 1. The van der Waals surface area contributed by atoms with E-state index in [1.807, 2.05) is 18.9 Å². The van der Waals surface area contributed by atoms with Crippen LogP contribution in [0.3, 0.4) is 0 Å². The van der Waals surface area contributed by atoms with E-state index >= 15 is 0 Å². The molecule has 5 heteroatoms. The van der Waals surface area contributed by atoms with Gasteiger partial charge in [-0.15, -0.1) is 0 Å². The third-order valence-corrected chi connectivity index (χ3v) is 1.93. The van der Waals surface area contributed by atoms with E-state index in [0.29, 0.717) is 5.46 Å². The lowest BCUT2D eigenvalue weighted by molar-refractivity contribution is 0.425. The molecule has 13 heavy (non-hydrogen) atoms. The van der Waals surface area contributed by atoms with E-state index in [9.17, 15) is 0 Å². The molecule has 0 amide bonds. The molecule has 0 atom stereocenters. The highest BCUT2D eigenvalue weighted by molar-refractivity contribution is 6.58. The molecule has 1 heterocycles. The van der Waals surface area contributed by atoms with Crippen LogP contribution in [0.2, 0.25) is 0 Å². The summed E-state index contributed by atoms with van der Waals surface area (Å²) in [6.07, 6.45) is 1.57. The molecule has 0 saturated carbocycles. The zero-order valence-electron chi connectivity index (χ0n) is 7.81. The maximum atomic E-state index is 8.91. The van der Waals surface area contributed by atoms with Crippen molar-refractivity contribution in [1.82, 2.24) is 4.98 Å². The van der Waals surface area contributed by atoms with Gasteiger partial charge in [0.1, 0.15) is 5.82 Å². The van der Waals surface area contributed by atoms with Gasteiger partial charge in [0.2, 0.25) is 0 Å². The van der Waals surface area contributed by atoms with Crippen LogP contribution >= 0.6 is 0 Å². The average molecular weight is 180 g/mol. The molecule has 1 rings (SSSR count). The van der Waals surface area contributed by atoms with Crippen LogP contribution in [0, 0.1) is 0 Å². The SMILES string of the molecule is CCN(C)c1cc(B(O)O)ccn1. The number of rotatable bonds is 3. The van der Waals surface area contributed by atoms with Crippen molar-refractivity contribution in [2.24, 2.45) is 0 Å². The van der Waals surface area contributed by atoms with Gasteiger partial charge in [-0.2, -0.15) is 0 Å². The van der Waals surface area contributed by atoms with E-state index in [4.69, 9.17) is 10.0 Å². The summed E-state index contributed by atoms with van der Waals surface area (Å²) in [5.74, 6) is 0.744. The molecular formula is C8H13BN2O2. The van der Waals surface area contributed by atoms with E-state index in [-0.39, 0.29) is 0 Å². The Morgan fingerprint density at radius 3 is 2.77 bits per heavy atom. The molecule has 0 spiro atoms. The molecule has 0 radical (unpaired) electrons. The minimum absolute atomic E-state index is 0.463. The van der Waals surface area contributed by atoms with Crippen molar-refractivity contribution in [3.05, 3.63) is 18.3 Å². The predicted octanol–water partition coefficient (Wildman–Crippen LogP) is -0.783. The number of nitrogens with zero attached hydrogens (tertiary/aromatic N) is 2. The summed E-state index contributed by atoms with van der Waals surface area (Å²) in [6, 6.07) is 3.24. The van der Waals surface area contributed by atoms with Gasteiger partial charge in [0.15, 0.2) is 0 Å². The first-order chi connectivity index (χ1) is 6.15. The van der Waals surface area contributed by atoms with Crippen molar-refractivity contribution >= 4 is 18.4 Å². The van der Waals surface area contributed by atoms with Crippen LogP contribution < -0.4 is 10.4 Å². The van der Waals surface area contributed by atoms with Crippen LogP contribution in [0.25, 0.3) is 0 Å². The molecule has 70 valence electrons. The van der Waals surface area contributed by atoms with Crippen LogP contribution in [0.1, 0.15) is 6.92 Å². The first-order valence-electron chi connectivity index (χ1n) is 4.18. The van der Waals surface area contributed by atoms with Gasteiger partial charge in [0, 0.05) is 19.8 Å². The summed E-state index contributed by atoms with van der Waals surface area (Å²) < 4.78 is 0. The van der Waals surface area contributed by atoms with E-state index in [1.165, 1.54) is 0 Å². The lowest BCUT2D eigenvalue weighted by atomic mass is 9.81. The summed E-state index contributed by atoms with van der Waals surface area (Å²) in [5, 5.41) is 17.8. The molecule has 1 aromatic heterocycles. The van der Waals surface area contributed by atoms with Crippen LogP contribution in [-0.4, -0.2) is 35.7 Å². The highest BCUT2D eigenvalue weighted by Gasteiger charge is 2.12. The Balaban J connectivity index is 2.91. The average Bonchev–Trinajstić information content (AvgIpc) is 2.17. The molecule has 1 aromatic rings. The number of hydrogen-bond donors (Lipinski definition) is 2. The number of hydrogen-bond acceptors (Lipinski definition) is 4. The molecule has 4 nitrogen and oxygen atoms in total. The molecular weight excluding hydrogens is 167 g/mol. The Morgan fingerprint density at radius 1 is 1.54 bits per heavy atom. The van der Waals surface area contributed by atoms with Crippen molar-refractivity contribution < 1.29 is 10.0 Å². The monoisotopic (exact) mass is 180 g/mol. The fraction of sp³-hybridized carbons (Fsp3) is 0.375. The molecule has 0 aromatic carbocycles. The van der Waals surface area contributed by atoms with Gasteiger partial charge in [-0.3, -0.25) is 0 Å². The van der Waals surface area contributed by atoms with Crippen LogP contribution in [0.5, 0.6) is 0 Å². The first-order valence-corrected chi connectivity index (χ1v) is 4.18. The van der Waals surface area contributed by atoms with E-state index in [1.54, 1.807) is 18.3 Å². The summed E-state index contributed by atoms with van der Waals surface area (Å²) in [5.41, 5.74) is 0.463. The standard InChI is InChI=1S/C8H13BN2O2/c1-3-11(2)8-6-7(9(12)13)4-5-10-8/h4-6,12-13H,3H2,1-2H3. The van der Waals surface area contributed by atoms with Crippen LogP contribution in [0.15, 0.2) is 18.3 Å². The van der Waals surface area contributed by atoms with Gasteiger partial charge >= 0.3 is 7.12 Å². The largest absolute Gasteiger partial charge is 0.488 e. The Bertz CT molecular complexity index is 281. The fourth-order valence-electron chi connectivity index (χ4n) is 0.966. The zero-order chi connectivity index (χ0) is 9.84. The second-order valence-corrected chi connectivity index (χ2v) is 2.84. The minimum atomic E-state index is -1.42. The van der Waals surface area contributed by atoms with Crippen molar-refractivity contribution in [2.45, 2.75) is 6.92 Å². The number of aromatic nitrogens is 1. The van der Waals surface area contributed by atoms with E-state index in [0.717, 1.165) is 12.4 Å². The van der Waals surface area contributed by atoms with Crippen molar-refractivity contribution in [3.63, 3.8) is 0 Å². The van der Waals surface area contributed by atoms with Gasteiger partial charge < -0.3 is 14.9 Å². The summed E-state index contributed by atoms with van der Waals surface area (Å²) in [7, 11) is 0.475. The fourth-order valence-corrected chi connectivity index (χ4v) is 0.966. The molecule has 2 N–H and O–H groups in total. The van der Waals surface area contributed by atoms with Gasteiger partial charge in [-0.05, 0) is 24.5 Å². The Labute approximate surface area is 78.0 Å². The molecule has 0 aliphatic rings. The Hall–Kier alpha value is -1.07. The summed E-state index contributed by atoms with van der Waals surface area (Å²) in [6.45, 7) is 2.84. The normalized spacial score (nSPS) is 9.85. The maximum absolute atomic E-state index is 8.91. The highest BCUT2D eigenvalue weighted by Crippen LogP contribution is 2.04. The smallest absolute Gasteiger partial charge is 0.423 e. The quantitative estimate of drug-likeness (QED) is 0.599.